The summed E-state index contributed by atoms with van der Waals surface area (Å²) < 4.78 is 11.2. The number of aliphatic carboxylic acids is 1. The molecule has 0 aliphatic heterocycles. The number of carboxylic acids is 1. The number of aliphatic hydroxyl groups is 1. The molecule has 1 unspecified atom stereocenters. The molecule has 196 valence electrons. The summed E-state index contributed by atoms with van der Waals surface area (Å²) in [6.45, 7) is 5.09. The van der Waals surface area contributed by atoms with Crippen molar-refractivity contribution in [2.24, 2.45) is 0 Å². The number of esters is 1. The highest BCUT2D eigenvalue weighted by Gasteiger charge is 2.25. The van der Waals surface area contributed by atoms with Crippen LogP contribution in [-0.2, 0) is 14.3 Å². The van der Waals surface area contributed by atoms with Crippen LogP contribution in [0.4, 0.5) is 0 Å². The fourth-order valence-electron chi connectivity index (χ4n) is 3.63. The van der Waals surface area contributed by atoms with Crippen LogP contribution in [0.2, 0.25) is 0 Å². The fourth-order valence-corrected chi connectivity index (χ4v) is 3.63. The van der Waals surface area contributed by atoms with E-state index in [0.29, 0.717) is 17.7 Å². The first-order valence-corrected chi connectivity index (χ1v) is 12.7. The number of rotatable bonds is 19. The van der Waals surface area contributed by atoms with Crippen LogP contribution in [0.5, 0.6) is 5.75 Å². The molecule has 0 fully saturated rings. The predicted molar refractivity (Wildman–Crippen MR) is 136 cm³/mol. The number of ketones is 1. The average molecular weight is 491 g/mol. The van der Waals surface area contributed by atoms with Crippen molar-refractivity contribution in [3.8, 4) is 5.75 Å². The summed E-state index contributed by atoms with van der Waals surface area (Å²) >= 11 is 0. The van der Waals surface area contributed by atoms with Gasteiger partial charge in [0.25, 0.3) is 0 Å². The van der Waals surface area contributed by atoms with E-state index in [-0.39, 0.29) is 12.4 Å². The Balaban J connectivity index is 2.56. The highest BCUT2D eigenvalue weighted by Crippen LogP contribution is 2.20. The molecule has 0 heterocycles. The minimum atomic E-state index is -1.46. The van der Waals surface area contributed by atoms with E-state index in [1.165, 1.54) is 58.8 Å². The number of carboxylic acid groups (broad SMARTS) is 1. The van der Waals surface area contributed by atoms with Crippen molar-refractivity contribution >= 4 is 17.7 Å². The Morgan fingerprint density at radius 2 is 1.43 bits per heavy atom. The Kier molecular flexibility index (Phi) is 14.6. The van der Waals surface area contributed by atoms with Gasteiger partial charge in [-0.15, -0.1) is 0 Å². The van der Waals surface area contributed by atoms with Gasteiger partial charge in [0.1, 0.15) is 24.1 Å². The maximum absolute atomic E-state index is 12.2. The third kappa shape index (κ3) is 14.4. The molecule has 1 rings (SSSR count). The molecule has 0 aliphatic rings. The van der Waals surface area contributed by atoms with E-state index in [4.69, 9.17) is 14.6 Å². The van der Waals surface area contributed by atoms with Gasteiger partial charge >= 0.3 is 11.9 Å². The van der Waals surface area contributed by atoms with Crippen molar-refractivity contribution in [2.45, 2.75) is 103 Å². The third-order valence-corrected chi connectivity index (χ3v) is 5.63. The first kappa shape index (κ1) is 30.4. The molecule has 7 heteroatoms. The zero-order valence-electron chi connectivity index (χ0n) is 21.5. The Labute approximate surface area is 209 Å². The van der Waals surface area contributed by atoms with Crippen molar-refractivity contribution < 1.29 is 34.1 Å². The fraction of sp³-hybridized carbons (Fsp3) is 0.607. The van der Waals surface area contributed by atoms with E-state index in [1.54, 1.807) is 24.3 Å². The lowest BCUT2D eigenvalue weighted by Crippen LogP contribution is -2.31. The second kappa shape index (κ2) is 16.9. The van der Waals surface area contributed by atoms with E-state index in [0.717, 1.165) is 31.4 Å². The highest BCUT2D eigenvalue weighted by molar-refractivity contribution is 6.01. The summed E-state index contributed by atoms with van der Waals surface area (Å²) in [4.78, 5) is 34.6. The van der Waals surface area contributed by atoms with Crippen LogP contribution in [0, 0.1) is 0 Å². The van der Waals surface area contributed by atoms with E-state index >= 15 is 0 Å². The molecule has 0 saturated carbocycles. The minimum absolute atomic E-state index is 0.00935. The van der Waals surface area contributed by atoms with Crippen LogP contribution < -0.4 is 4.74 Å². The van der Waals surface area contributed by atoms with E-state index in [2.05, 4.69) is 6.92 Å². The van der Waals surface area contributed by atoms with Crippen LogP contribution in [-0.4, -0.2) is 46.2 Å². The van der Waals surface area contributed by atoms with Gasteiger partial charge < -0.3 is 19.7 Å². The average Bonchev–Trinajstić information content (AvgIpc) is 2.81. The Bertz CT molecular complexity index is 791. The van der Waals surface area contributed by atoms with E-state index in [1.807, 2.05) is 0 Å². The molecular weight excluding hydrogens is 448 g/mol. The van der Waals surface area contributed by atoms with Crippen molar-refractivity contribution in [1.29, 1.82) is 0 Å². The molecule has 1 atom stereocenters. The molecule has 0 bridgehead atoms. The lowest BCUT2D eigenvalue weighted by Gasteiger charge is -2.20. The summed E-state index contributed by atoms with van der Waals surface area (Å²) in [5.41, 5.74) is -1.08. The Morgan fingerprint density at radius 1 is 0.886 bits per heavy atom. The van der Waals surface area contributed by atoms with Crippen LogP contribution in [0.15, 0.2) is 36.4 Å². The number of hydrogen-bond donors (Lipinski definition) is 2. The molecule has 0 aromatic heterocycles. The van der Waals surface area contributed by atoms with Crippen LogP contribution in [0.1, 0.15) is 102 Å². The molecule has 0 radical (unpaired) electrons. The van der Waals surface area contributed by atoms with Gasteiger partial charge in [-0.05, 0) is 51.0 Å². The molecule has 2 N–H and O–H groups in total. The number of Topliss-reactive ketones (excluding diaryl/α,β-unsaturated/α-hetero) is 1. The first-order chi connectivity index (χ1) is 16.6. The highest BCUT2D eigenvalue weighted by atomic mass is 16.6. The predicted octanol–water partition coefficient (Wildman–Crippen LogP) is 5.88. The molecule has 0 spiro atoms. The topological polar surface area (TPSA) is 110 Å². The molecule has 0 saturated heterocycles. The SMILES string of the molecule is CCCCCCCCCCCCC(COC(=O)/C=C\C(=O)O)Oc1ccc(C(=O)C(C)(C)O)cc1. The van der Waals surface area contributed by atoms with Crippen LogP contribution >= 0.6 is 0 Å². The van der Waals surface area contributed by atoms with Gasteiger partial charge in [-0.25, -0.2) is 9.59 Å². The lowest BCUT2D eigenvalue weighted by atomic mass is 9.97. The molecular formula is C28H42O7. The van der Waals surface area contributed by atoms with Gasteiger partial charge in [-0.3, -0.25) is 4.79 Å². The van der Waals surface area contributed by atoms with Crippen LogP contribution in [0.3, 0.4) is 0 Å². The molecule has 7 nitrogen and oxygen atoms in total. The largest absolute Gasteiger partial charge is 0.487 e. The minimum Gasteiger partial charge on any atom is -0.487 e. The van der Waals surface area contributed by atoms with Gasteiger partial charge in [-0.2, -0.15) is 0 Å². The molecule has 35 heavy (non-hydrogen) atoms. The third-order valence-electron chi connectivity index (χ3n) is 5.63. The standard InChI is InChI=1S/C28H42O7/c1-4-5-6-7-8-9-10-11-12-13-14-24(21-34-26(31)20-19-25(29)30)35-23-17-15-22(16-18-23)27(32)28(2,3)33/h15-20,24,33H,4-14,21H2,1-3H3,(H,29,30)/b20-19-. The lowest BCUT2D eigenvalue weighted by molar-refractivity contribution is -0.141. The Morgan fingerprint density at radius 3 is 1.94 bits per heavy atom. The van der Waals surface area contributed by atoms with Gasteiger partial charge in [-0.1, -0.05) is 64.7 Å². The molecule has 1 aromatic carbocycles. The normalized spacial score (nSPS) is 12.5. The summed E-state index contributed by atoms with van der Waals surface area (Å²) in [6, 6.07) is 6.48. The summed E-state index contributed by atoms with van der Waals surface area (Å²) in [7, 11) is 0. The maximum atomic E-state index is 12.2. The van der Waals surface area contributed by atoms with E-state index in [9.17, 15) is 19.5 Å². The van der Waals surface area contributed by atoms with Gasteiger partial charge in [0.15, 0.2) is 5.78 Å². The smallest absolute Gasteiger partial charge is 0.331 e. The van der Waals surface area contributed by atoms with Crippen LogP contribution in [0.25, 0.3) is 0 Å². The molecule has 1 aromatic rings. The van der Waals surface area contributed by atoms with Gasteiger partial charge in [0.05, 0.1) is 0 Å². The molecule has 0 amide bonds. The van der Waals surface area contributed by atoms with Gasteiger partial charge in [0.2, 0.25) is 0 Å². The number of ether oxygens (including phenoxy) is 2. The summed E-state index contributed by atoms with van der Waals surface area (Å²) in [6.07, 6.45) is 14.0. The van der Waals surface area contributed by atoms with E-state index < -0.39 is 23.6 Å². The number of carbonyl (C=O) groups is 3. The zero-order valence-corrected chi connectivity index (χ0v) is 21.5. The second-order valence-corrected chi connectivity index (χ2v) is 9.42. The summed E-state index contributed by atoms with van der Waals surface area (Å²) in [5, 5.41) is 18.6. The number of benzene rings is 1. The number of hydrogen-bond acceptors (Lipinski definition) is 6. The zero-order chi connectivity index (χ0) is 26.1. The first-order valence-electron chi connectivity index (χ1n) is 12.7. The number of unbranched alkanes of at least 4 members (excludes halogenated alkanes) is 9. The monoisotopic (exact) mass is 490 g/mol. The van der Waals surface area contributed by atoms with Gasteiger partial charge in [0, 0.05) is 17.7 Å². The van der Waals surface area contributed by atoms with Crippen molar-refractivity contribution in [3.05, 3.63) is 42.0 Å². The van der Waals surface area contributed by atoms with Crippen molar-refractivity contribution in [1.82, 2.24) is 0 Å². The van der Waals surface area contributed by atoms with Crippen molar-refractivity contribution in [3.63, 3.8) is 0 Å². The van der Waals surface area contributed by atoms with Crippen molar-refractivity contribution in [2.75, 3.05) is 6.61 Å². The quantitative estimate of drug-likeness (QED) is 0.108. The Hall–Kier alpha value is -2.67. The summed E-state index contributed by atoms with van der Waals surface area (Å²) in [5.74, 6) is -1.83. The molecule has 0 aliphatic carbocycles. The maximum Gasteiger partial charge on any atom is 0.331 e. The number of carbonyl (C=O) groups excluding carboxylic acids is 2. The second-order valence-electron chi connectivity index (χ2n) is 9.42.